The van der Waals surface area contributed by atoms with Gasteiger partial charge in [0, 0.05) is 24.0 Å². The van der Waals surface area contributed by atoms with Crippen LogP contribution in [-0.2, 0) is 9.59 Å². The number of nitrogens with zero attached hydrogens (tertiary/aromatic N) is 3. The zero-order chi connectivity index (χ0) is 18.7. The van der Waals surface area contributed by atoms with E-state index in [-0.39, 0.29) is 24.3 Å². The van der Waals surface area contributed by atoms with Crippen LogP contribution in [0, 0.1) is 5.92 Å². The molecule has 1 atom stereocenters. The van der Waals surface area contributed by atoms with Crippen LogP contribution in [0.1, 0.15) is 46.0 Å². The lowest BCUT2D eigenvalue weighted by atomic mass is 9.97. The van der Waals surface area contributed by atoms with E-state index in [1.54, 1.807) is 11.1 Å². The SMILES string of the molecule is CCCC[C@H](CC)C(=O)N(CCCN(C)C)CC(=O)Nc1nccs1. The minimum absolute atomic E-state index is 0.00645. The number of rotatable bonds is 12. The Morgan fingerprint density at radius 1 is 1.24 bits per heavy atom. The number of anilines is 1. The number of unbranched alkanes of at least 4 members (excludes halogenated alkanes) is 1. The molecule has 25 heavy (non-hydrogen) atoms. The first-order chi connectivity index (χ1) is 12.0. The van der Waals surface area contributed by atoms with Gasteiger partial charge in [-0.2, -0.15) is 0 Å². The van der Waals surface area contributed by atoms with Crippen molar-refractivity contribution in [3.8, 4) is 0 Å². The highest BCUT2D eigenvalue weighted by Gasteiger charge is 2.24. The number of nitrogens with one attached hydrogen (secondary N) is 1. The number of carbonyl (C=O) groups is 2. The summed E-state index contributed by atoms with van der Waals surface area (Å²) in [7, 11) is 4.02. The lowest BCUT2D eigenvalue weighted by Gasteiger charge is -2.27. The summed E-state index contributed by atoms with van der Waals surface area (Å²) < 4.78 is 0. The monoisotopic (exact) mass is 368 g/mol. The first-order valence-electron chi connectivity index (χ1n) is 9.10. The van der Waals surface area contributed by atoms with Crippen LogP contribution in [0.4, 0.5) is 5.13 Å². The maximum absolute atomic E-state index is 12.9. The molecule has 7 heteroatoms. The van der Waals surface area contributed by atoms with Crippen LogP contribution in [-0.4, -0.2) is 60.3 Å². The molecule has 0 aliphatic rings. The van der Waals surface area contributed by atoms with Crippen molar-refractivity contribution in [2.45, 2.75) is 46.0 Å². The van der Waals surface area contributed by atoms with Crippen molar-refractivity contribution in [2.75, 3.05) is 39.0 Å². The van der Waals surface area contributed by atoms with Crippen molar-refractivity contribution < 1.29 is 9.59 Å². The molecule has 142 valence electrons. The summed E-state index contributed by atoms with van der Waals surface area (Å²) in [6.45, 7) is 5.77. The third-order valence-corrected chi connectivity index (χ3v) is 4.79. The third-order valence-electron chi connectivity index (χ3n) is 4.11. The van der Waals surface area contributed by atoms with Crippen LogP contribution < -0.4 is 5.32 Å². The molecule has 0 saturated carbocycles. The molecular formula is C18H32N4O2S. The van der Waals surface area contributed by atoms with E-state index < -0.39 is 0 Å². The Hall–Kier alpha value is -1.47. The quantitative estimate of drug-likeness (QED) is 0.616. The predicted octanol–water partition coefficient (Wildman–Crippen LogP) is 3.08. The first-order valence-corrected chi connectivity index (χ1v) is 9.98. The van der Waals surface area contributed by atoms with Gasteiger partial charge in [0.25, 0.3) is 0 Å². The van der Waals surface area contributed by atoms with E-state index >= 15 is 0 Å². The van der Waals surface area contributed by atoms with E-state index in [1.807, 2.05) is 26.4 Å². The van der Waals surface area contributed by atoms with Gasteiger partial charge in [-0.3, -0.25) is 9.59 Å². The summed E-state index contributed by atoms with van der Waals surface area (Å²) in [4.78, 5) is 33.1. The number of thiazole rings is 1. The van der Waals surface area contributed by atoms with Crippen molar-refractivity contribution in [3.05, 3.63) is 11.6 Å². The Bertz CT molecular complexity index is 505. The van der Waals surface area contributed by atoms with Gasteiger partial charge in [0.2, 0.25) is 11.8 Å². The highest BCUT2D eigenvalue weighted by atomic mass is 32.1. The van der Waals surface area contributed by atoms with E-state index in [2.05, 4.69) is 22.1 Å². The fourth-order valence-electron chi connectivity index (χ4n) is 2.67. The van der Waals surface area contributed by atoms with E-state index in [1.165, 1.54) is 11.3 Å². The lowest BCUT2D eigenvalue weighted by molar-refractivity contribution is -0.138. The van der Waals surface area contributed by atoms with Gasteiger partial charge in [-0.15, -0.1) is 11.3 Å². The summed E-state index contributed by atoms with van der Waals surface area (Å²) in [5.41, 5.74) is 0. The molecule has 1 aromatic heterocycles. The molecule has 1 aromatic rings. The predicted molar refractivity (Wildman–Crippen MR) is 104 cm³/mol. The van der Waals surface area contributed by atoms with E-state index in [9.17, 15) is 9.59 Å². The van der Waals surface area contributed by atoms with Crippen LogP contribution in [0.25, 0.3) is 0 Å². The fourth-order valence-corrected chi connectivity index (χ4v) is 3.22. The summed E-state index contributed by atoms with van der Waals surface area (Å²) in [5, 5.41) is 5.16. The Labute approximate surface area is 155 Å². The molecule has 1 rings (SSSR count). The van der Waals surface area contributed by atoms with Gasteiger partial charge in [0.05, 0.1) is 6.54 Å². The average Bonchev–Trinajstić information content (AvgIpc) is 3.06. The summed E-state index contributed by atoms with van der Waals surface area (Å²) in [6, 6.07) is 0. The molecule has 0 aliphatic carbocycles. The van der Waals surface area contributed by atoms with Crippen LogP contribution in [0.2, 0.25) is 0 Å². The van der Waals surface area contributed by atoms with Crippen LogP contribution in [0.15, 0.2) is 11.6 Å². The van der Waals surface area contributed by atoms with Gasteiger partial charge < -0.3 is 15.1 Å². The van der Waals surface area contributed by atoms with Crippen molar-refractivity contribution in [3.63, 3.8) is 0 Å². The molecule has 0 saturated heterocycles. The van der Waals surface area contributed by atoms with Crippen molar-refractivity contribution in [1.82, 2.24) is 14.8 Å². The molecule has 0 spiro atoms. The van der Waals surface area contributed by atoms with Crippen molar-refractivity contribution in [2.24, 2.45) is 5.92 Å². The summed E-state index contributed by atoms with van der Waals surface area (Å²) >= 11 is 1.38. The van der Waals surface area contributed by atoms with Gasteiger partial charge in [-0.1, -0.05) is 26.7 Å². The Kier molecular flexibility index (Phi) is 10.3. The van der Waals surface area contributed by atoms with E-state index in [0.717, 1.165) is 38.6 Å². The largest absolute Gasteiger partial charge is 0.333 e. The summed E-state index contributed by atoms with van der Waals surface area (Å²) in [6.07, 6.45) is 6.34. The molecule has 1 heterocycles. The summed E-state index contributed by atoms with van der Waals surface area (Å²) in [5.74, 6) is -0.0746. The third kappa shape index (κ3) is 8.45. The van der Waals surface area contributed by atoms with Crippen LogP contribution in [0.3, 0.4) is 0 Å². The Balaban J connectivity index is 2.68. The second-order valence-corrected chi connectivity index (χ2v) is 7.44. The van der Waals surface area contributed by atoms with Gasteiger partial charge >= 0.3 is 0 Å². The molecule has 0 aromatic carbocycles. The smallest absolute Gasteiger partial charge is 0.245 e. The highest BCUT2D eigenvalue weighted by Crippen LogP contribution is 2.17. The average molecular weight is 369 g/mol. The second-order valence-electron chi connectivity index (χ2n) is 6.55. The van der Waals surface area contributed by atoms with Crippen LogP contribution in [0.5, 0.6) is 0 Å². The maximum Gasteiger partial charge on any atom is 0.245 e. The van der Waals surface area contributed by atoms with E-state index in [4.69, 9.17) is 0 Å². The second kappa shape index (κ2) is 12.0. The minimum atomic E-state index is -0.182. The molecule has 0 bridgehead atoms. The molecular weight excluding hydrogens is 336 g/mol. The fraction of sp³-hybridized carbons (Fsp3) is 0.722. The Morgan fingerprint density at radius 3 is 2.56 bits per heavy atom. The molecule has 0 unspecified atom stereocenters. The molecule has 0 aliphatic heterocycles. The lowest BCUT2D eigenvalue weighted by Crippen LogP contribution is -2.42. The standard InChI is InChI=1S/C18H32N4O2S/c1-5-7-9-15(6-2)17(24)22(12-8-11-21(3)4)14-16(23)20-18-19-10-13-25-18/h10,13,15H,5-9,11-12,14H2,1-4H3,(H,19,20,23)/t15-/m0/s1. The number of carbonyl (C=O) groups excluding carboxylic acids is 2. The first kappa shape index (κ1) is 21.6. The number of hydrogen-bond acceptors (Lipinski definition) is 5. The number of hydrogen-bond donors (Lipinski definition) is 1. The van der Waals surface area contributed by atoms with Gasteiger partial charge in [-0.25, -0.2) is 4.98 Å². The molecule has 2 amide bonds. The van der Waals surface area contributed by atoms with Gasteiger partial charge in [-0.05, 0) is 39.9 Å². The van der Waals surface area contributed by atoms with Gasteiger partial charge in [0.15, 0.2) is 5.13 Å². The van der Waals surface area contributed by atoms with E-state index in [0.29, 0.717) is 11.7 Å². The van der Waals surface area contributed by atoms with Crippen molar-refractivity contribution >= 4 is 28.3 Å². The van der Waals surface area contributed by atoms with Crippen LogP contribution >= 0.6 is 11.3 Å². The minimum Gasteiger partial charge on any atom is -0.333 e. The van der Waals surface area contributed by atoms with Gasteiger partial charge in [0.1, 0.15) is 0 Å². The number of amides is 2. The highest BCUT2D eigenvalue weighted by molar-refractivity contribution is 7.13. The maximum atomic E-state index is 12.9. The van der Waals surface area contributed by atoms with Crippen molar-refractivity contribution in [1.29, 1.82) is 0 Å². The number of aromatic nitrogens is 1. The molecule has 0 fully saturated rings. The molecule has 0 radical (unpaired) electrons. The topological polar surface area (TPSA) is 65.5 Å². The Morgan fingerprint density at radius 2 is 2.00 bits per heavy atom. The normalized spacial score (nSPS) is 12.2. The molecule has 1 N–H and O–H groups in total. The molecule has 6 nitrogen and oxygen atoms in total. The zero-order valence-corrected chi connectivity index (χ0v) is 16.8. The zero-order valence-electron chi connectivity index (χ0n) is 16.0.